The van der Waals surface area contributed by atoms with E-state index in [1.165, 1.54) is 4.68 Å². The molecular weight excluding hydrogens is 686 g/mol. The number of aliphatic imine (C=N–C) groups is 1. The Kier molecular flexibility index (Phi) is 10.8. The lowest BCUT2D eigenvalue weighted by Gasteiger charge is -2.72. The highest BCUT2D eigenvalue weighted by molar-refractivity contribution is 5.83. The number of hydrogen-bond donors (Lipinski definition) is 5. The molecular formula is C41H65N7O6. The summed E-state index contributed by atoms with van der Waals surface area (Å²) in [6.45, 7) is 18.8. The van der Waals surface area contributed by atoms with Crippen molar-refractivity contribution in [3.8, 4) is 0 Å². The molecule has 0 radical (unpaired) electrons. The molecule has 13 nitrogen and oxygen atoms in total. The van der Waals surface area contributed by atoms with Gasteiger partial charge in [0.25, 0.3) is 0 Å². The van der Waals surface area contributed by atoms with Crippen LogP contribution in [0.1, 0.15) is 124 Å². The molecule has 0 aliphatic heterocycles. The van der Waals surface area contributed by atoms with E-state index in [-0.39, 0.29) is 77.6 Å². The minimum Gasteiger partial charge on any atom is -0.480 e. The van der Waals surface area contributed by atoms with Gasteiger partial charge in [-0.15, -0.1) is 5.10 Å². The van der Waals surface area contributed by atoms with Crippen LogP contribution in [0.25, 0.3) is 0 Å². The van der Waals surface area contributed by atoms with Crippen molar-refractivity contribution in [2.45, 2.75) is 144 Å². The van der Waals surface area contributed by atoms with E-state index < -0.39 is 23.3 Å². The summed E-state index contributed by atoms with van der Waals surface area (Å²) in [6, 6.07) is -1.10. The van der Waals surface area contributed by atoms with Gasteiger partial charge in [0.05, 0.1) is 17.7 Å². The Morgan fingerprint density at radius 1 is 1.02 bits per heavy atom. The normalized spacial score (nSPS) is 38.4. The second kappa shape index (κ2) is 14.5. The van der Waals surface area contributed by atoms with E-state index in [0.717, 1.165) is 69.8 Å². The second-order valence-corrected chi connectivity index (χ2v) is 19.1. The van der Waals surface area contributed by atoms with Crippen molar-refractivity contribution in [3.05, 3.63) is 24.0 Å². The molecule has 0 aromatic carbocycles. The highest BCUT2D eigenvalue weighted by Gasteiger charge is 2.72. The Morgan fingerprint density at radius 3 is 2.44 bits per heavy atom. The Morgan fingerprint density at radius 2 is 1.76 bits per heavy atom. The number of esters is 1. The molecule has 0 bridgehead atoms. The number of hydrogen-bond acceptors (Lipinski definition) is 8. The lowest BCUT2D eigenvalue weighted by molar-refractivity contribution is -0.248. The van der Waals surface area contributed by atoms with Crippen LogP contribution >= 0.6 is 0 Å². The zero-order valence-electron chi connectivity index (χ0n) is 33.4. The summed E-state index contributed by atoms with van der Waals surface area (Å²) in [5, 5.41) is 31.4. The molecule has 13 heteroatoms. The van der Waals surface area contributed by atoms with Crippen LogP contribution in [0, 0.1) is 56.7 Å². The Labute approximate surface area is 320 Å². The van der Waals surface area contributed by atoms with Crippen LogP contribution in [0.15, 0.2) is 23.3 Å². The van der Waals surface area contributed by atoms with Crippen LogP contribution in [0.2, 0.25) is 0 Å². The summed E-state index contributed by atoms with van der Waals surface area (Å²) in [4.78, 5) is 42.7. The number of rotatable bonds is 12. The number of carboxylic acids is 1. The number of aliphatic hydroxyl groups excluding tert-OH is 1. The zero-order valence-corrected chi connectivity index (χ0v) is 33.4. The topological polar surface area (TPSA) is 208 Å². The molecule has 0 spiro atoms. The number of carboxylic acid groups (broad SMARTS) is 1. The fourth-order valence-electron chi connectivity index (χ4n) is 13.4. The third kappa shape index (κ3) is 6.63. The van der Waals surface area contributed by atoms with E-state index in [9.17, 15) is 24.6 Å². The summed E-state index contributed by atoms with van der Waals surface area (Å²) in [6.07, 6.45) is 11.9. The Hall–Kier alpha value is -3.48. The molecule has 1 heterocycles. The van der Waals surface area contributed by atoms with Gasteiger partial charge in [-0.1, -0.05) is 52.0 Å². The van der Waals surface area contributed by atoms with Gasteiger partial charge < -0.3 is 31.7 Å². The summed E-state index contributed by atoms with van der Waals surface area (Å²) in [7, 11) is 0. The number of guanidine groups is 1. The van der Waals surface area contributed by atoms with Crippen molar-refractivity contribution in [2.24, 2.45) is 73.1 Å². The molecule has 0 unspecified atom stereocenters. The number of aliphatic hydroxyl groups is 1. The molecule has 1 aromatic rings. The van der Waals surface area contributed by atoms with E-state index in [2.05, 4.69) is 68.7 Å². The number of nitrogens with two attached hydrogens (primary N) is 2. The first-order chi connectivity index (χ1) is 25.3. The number of carbonyl (C=O) groups excluding carboxylic acids is 2. The third-order valence-corrected chi connectivity index (χ3v) is 16.3. The van der Waals surface area contributed by atoms with Crippen LogP contribution in [0.5, 0.6) is 0 Å². The summed E-state index contributed by atoms with van der Waals surface area (Å²) >= 11 is 0. The number of carbonyl (C=O) groups is 3. The summed E-state index contributed by atoms with van der Waals surface area (Å²) in [5.74, 6) is -0.0370. The van der Waals surface area contributed by atoms with E-state index in [0.29, 0.717) is 29.9 Å². The van der Waals surface area contributed by atoms with Crippen LogP contribution in [0.4, 0.5) is 0 Å². The number of nitrogens with zero attached hydrogens (tertiary/aromatic N) is 4. The van der Waals surface area contributed by atoms with Crippen molar-refractivity contribution in [2.75, 3.05) is 6.54 Å². The molecule has 5 aliphatic rings. The van der Waals surface area contributed by atoms with Gasteiger partial charge in [0.2, 0.25) is 5.91 Å². The predicted molar refractivity (Wildman–Crippen MR) is 204 cm³/mol. The number of allylic oxidation sites excluding steroid dienone is 1. The van der Waals surface area contributed by atoms with Crippen molar-refractivity contribution in [1.29, 1.82) is 0 Å². The lowest BCUT2D eigenvalue weighted by atomic mass is 9.32. The molecule has 0 saturated heterocycles. The minimum absolute atomic E-state index is 0.0572. The second-order valence-electron chi connectivity index (χ2n) is 19.1. The quantitative estimate of drug-likeness (QED) is 0.0638. The molecule has 6 rings (SSSR count). The number of nitrogens with one attached hydrogen (secondary N) is 1. The number of aliphatic carboxylic acids is 1. The average molecular weight is 752 g/mol. The van der Waals surface area contributed by atoms with Crippen LogP contribution in [-0.4, -0.2) is 67.7 Å². The molecule has 5 saturated carbocycles. The fourth-order valence-corrected chi connectivity index (χ4v) is 13.4. The fraction of sp³-hybridized carbons (Fsp3) is 0.805. The van der Waals surface area contributed by atoms with E-state index in [1.54, 1.807) is 6.20 Å². The first-order valence-corrected chi connectivity index (χ1v) is 20.3. The van der Waals surface area contributed by atoms with Gasteiger partial charge in [-0.05, 0) is 135 Å². The van der Waals surface area contributed by atoms with E-state index >= 15 is 0 Å². The standard InChI is InChI=1S/C41H65N7O6/c1-24(2)26-12-17-41(35(53)54-23-25-21-48(47-46-25)22-32(50)45-28(34(51)52)9-8-20-44-36(42)43)19-18-39(6)27(33(26)41)10-11-30-38(5)15-14-31(49)37(3,4)29(38)13-16-40(30,39)7/h21,26-31,33,49H,1,8-20,22-23H2,2-7H3,(H,45,50)(H,51,52)(H4,42,43,44)/t26-,27+,28-,29-,30+,31-,33+,38-,39+,40+,41-/m0/s1. The van der Waals surface area contributed by atoms with Crippen molar-refractivity contribution >= 4 is 23.8 Å². The smallest absolute Gasteiger partial charge is 0.326 e. The number of fused-ring (bicyclic) bond motifs is 7. The molecule has 5 fully saturated rings. The molecule has 1 aromatic heterocycles. The molecule has 1 amide bonds. The Bertz CT molecular complexity index is 1650. The van der Waals surface area contributed by atoms with Gasteiger partial charge >= 0.3 is 11.9 Å². The maximum Gasteiger partial charge on any atom is 0.326 e. The number of ether oxygens (including phenoxy) is 1. The van der Waals surface area contributed by atoms with Gasteiger partial charge in [-0.2, -0.15) is 0 Å². The highest BCUT2D eigenvalue weighted by Crippen LogP contribution is 2.77. The van der Waals surface area contributed by atoms with Crippen molar-refractivity contribution < 1.29 is 29.3 Å². The number of aromatic nitrogens is 3. The largest absolute Gasteiger partial charge is 0.480 e. The highest BCUT2D eigenvalue weighted by atomic mass is 16.5. The van der Waals surface area contributed by atoms with Gasteiger partial charge in [0, 0.05) is 6.54 Å². The third-order valence-electron chi connectivity index (χ3n) is 16.3. The molecule has 7 N–H and O–H groups in total. The predicted octanol–water partition coefficient (Wildman–Crippen LogP) is 4.96. The molecule has 54 heavy (non-hydrogen) atoms. The summed E-state index contributed by atoms with van der Waals surface area (Å²) < 4.78 is 7.45. The number of amides is 1. The lowest BCUT2D eigenvalue weighted by Crippen LogP contribution is -2.67. The van der Waals surface area contributed by atoms with Gasteiger partial charge in [-0.25, -0.2) is 9.48 Å². The Balaban J connectivity index is 1.14. The van der Waals surface area contributed by atoms with Crippen molar-refractivity contribution in [1.82, 2.24) is 20.3 Å². The monoisotopic (exact) mass is 751 g/mol. The maximum atomic E-state index is 14.5. The van der Waals surface area contributed by atoms with Crippen LogP contribution in [0.3, 0.4) is 0 Å². The summed E-state index contributed by atoms with van der Waals surface area (Å²) in [5.41, 5.74) is 12.0. The van der Waals surface area contributed by atoms with Gasteiger partial charge in [0.15, 0.2) is 5.96 Å². The molecule has 11 atom stereocenters. The first-order valence-electron chi connectivity index (χ1n) is 20.3. The van der Waals surface area contributed by atoms with Crippen LogP contribution < -0.4 is 16.8 Å². The average Bonchev–Trinajstić information content (AvgIpc) is 3.72. The van der Waals surface area contributed by atoms with Crippen LogP contribution in [-0.2, 0) is 32.3 Å². The molecule has 5 aliphatic carbocycles. The van der Waals surface area contributed by atoms with Crippen molar-refractivity contribution in [3.63, 3.8) is 0 Å². The van der Waals surface area contributed by atoms with E-state index in [4.69, 9.17) is 16.2 Å². The first kappa shape index (κ1) is 40.2. The molecule has 300 valence electrons. The SMILES string of the molecule is C=C(C)[C@@H]1CC[C@]2(C(=O)OCc3cn(CC(=O)N[C@@H](CCCN=C(N)N)C(=O)O)nn3)CC[C@]3(C)[C@H](CC[C@@H]4[C@@]5(C)CC[C@H](O)C(C)(C)[C@@H]5CC[C@]43C)[C@@H]12. The minimum atomic E-state index is -1.15. The van der Waals surface area contributed by atoms with E-state index in [1.807, 2.05) is 0 Å². The van der Waals surface area contributed by atoms with Gasteiger partial charge in [0.1, 0.15) is 24.9 Å². The van der Waals surface area contributed by atoms with Gasteiger partial charge in [-0.3, -0.25) is 14.6 Å². The maximum absolute atomic E-state index is 14.5. The zero-order chi connectivity index (χ0) is 39.4.